The molecule has 0 bridgehead atoms. The van der Waals surface area contributed by atoms with Crippen LogP contribution in [0.5, 0.6) is 5.75 Å². The normalized spacial score (nSPS) is 16.0. The van der Waals surface area contributed by atoms with Crippen LogP contribution in [0.4, 0.5) is 10.5 Å². The highest BCUT2D eigenvalue weighted by Gasteiger charge is 2.37. The highest BCUT2D eigenvalue weighted by Crippen LogP contribution is 2.26. The predicted octanol–water partition coefficient (Wildman–Crippen LogP) is 2.85. The molecule has 0 atom stereocenters. The summed E-state index contributed by atoms with van der Waals surface area (Å²) in [6.45, 7) is 0. The van der Waals surface area contributed by atoms with Gasteiger partial charge in [-0.1, -0.05) is 24.3 Å². The van der Waals surface area contributed by atoms with Crippen molar-refractivity contribution in [2.24, 2.45) is 7.05 Å². The van der Waals surface area contributed by atoms with Crippen molar-refractivity contribution in [3.8, 4) is 5.75 Å². The number of hydrogen-bond acceptors (Lipinski definition) is 4. The number of amides is 4. The number of urea groups is 1. The zero-order chi connectivity index (χ0) is 19.8. The van der Waals surface area contributed by atoms with Gasteiger partial charge in [0, 0.05) is 29.7 Å². The van der Waals surface area contributed by atoms with Gasteiger partial charge in [0.15, 0.2) is 0 Å². The van der Waals surface area contributed by atoms with Crippen LogP contribution in [0.3, 0.4) is 0 Å². The Morgan fingerprint density at radius 2 is 1.79 bits per heavy atom. The van der Waals surface area contributed by atoms with E-state index in [0.29, 0.717) is 17.1 Å². The molecular formula is C21H17N3O4. The second-order valence-electron chi connectivity index (χ2n) is 6.35. The number of carbonyl (C=O) groups excluding carboxylic acids is 3. The molecule has 4 amide bonds. The topological polar surface area (TPSA) is 80.6 Å². The molecule has 0 aliphatic carbocycles. The smallest absolute Gasteiger partial charge is 0.335 e. The lowest BCUT2D eigenvalue weighted by molar-refractivity contribution is -0.122. The van der Waals surface area contributed by atoms with Crippen molar-refractivity contribution in [3.63, 3.8) is 0 Å². The highest BCUT2D eigenvalue weighted by atomic mass is 16.5. The summed E-state index contributed by atoms with van der Waals surface area (Å²) >= 11 is 0. The maximum Gasteiger partial charge on any atom is 0.335 e. The van der Waals surface area contributed by atoms with Crippen molar-refractivity contribution in [2.75, 3.05) is 12.0 Å². The van der Waals surface area contributed by atoms with Gasteiger partial charge in [0.25, 0.3) is 11.8 Å². The van der Waals surface area contributed by atoms with Gasteiger partial charge >= 0.3 is 6.03 Å². The second-order valence-corrected chi connectivity index (χ2v) is 6.35. The van der Waals surface area contributed by atoms with Crippen LogP contribution in [0, 0.1) is 0 Å². The van der Waals surface area contributed by atoms with Gasteiger partial charge < -0.3 is 9.30 Å². The van der Waals surface area contributed by atoms with Gasteiger partial charge in [-0.05, 0) is 30.3 Å². The number of anilines is 1. The number of aromatic nitrogens is 1. The van der Waals surface area contributed by atoms with Crippen molar-refractivity contribution < 1.29 is 19.1 Å². The first-order valence-electron chi connectivity index (χ1n) is 8.59. The summed E-state index contributed by atoms with van der Waals surface area (Å²) in [4.78, 5) is 38.6. The summed E-state index contributed by atoms with van der Waals surface area (Å²) < 4.78 is 7.04. The maximum absolute atomic E-state index is 13.0. The number of carbonyl (C=O) groups is 3. The van der Waals surface area contributed by atoms with Gasteiger partial charge in [-0.3, -0.25) is 14.9 Å². The van der Waals surface area contributed by atoms with Gasteiger partial charge in [0.1, 0.15) is 11.3 Å². The Hall–Kier alpha value is -3.87. The molecule has 0 unspecified atom stereocenters. The van der Waals surface area contributed by atoms with Crippen LogP contribution in [-0.2, 0) is 16.6 Å². The van der Waals surface area contributed by atoms with E-state index in [-0.39, 0.29) is 5.57 Å². The van der Waals surface area contributed by atoms with Gasteiger partial charge in [-0.15, -0.1) is 0 Å². The summed E-state index contributed by atoms with van der Waals surface area (Å²) in [6.07, 6.45) is 1.50. The van der Waals surface area contributed by atoms with Crippen molar-refractivity contribution in [1.29, 1.82) is 0 Å². The maximum atomic E-state index is 13.0. The fourth-order valence-electron chi connectivity index (χ4n) is 3.24. The van der Waals surface area contributed by atoms with E-state index in [2.05, 4.69) is 5.32 Å². The lowest BCUT2D eigenvalue weighted by Crippen LogP contribution is -2.54. The quantitative estimate of drug-likeness (QED) is 0.564. The van der Waals surface area contributed by atoms with Crippen LogP contribution in [0.15, 0.2) is 60.2 Å². The van der Waals surface area contributed by atoms with Gasteiger partial charge in [-0.2, -0.15) is 0 Å². The Kier molecular flexibility index (Phi) is 4.19. The predicted molar refractivity (Wildman–Crippen MR) is 105 cm³/mol. The number of fused-ring (bicyclic) bond motifs is 1. The number of imide groups is 2. The number of nitrogens with one attached hydrogen (secondary N) is 1. The number of hydrogen-bond donors (Lipinski definition) is 1. The molecule has 1 N–H and O–H groups in total. The molecule has 1 aliphatic heterocycles. The number of barbiturate groups is 1. The van der Waals surface area contributed by atoms with E-state index < -0.39 is 17.8 Å². The Labute approximate surface area is 160 Å². The number of benzene rings is 2. The number of aryl methyl sites for hydroxylation is 1. The van der Waals surface area contributed by atoms with Crippen molar-refractivity contribution in [1.82, 2.24) is 9.88 Å². The minimum Gasteiger partial charge on any atom is -0.497 e. The van der Waals surface area contributed by atoms with Crippen LogP contribution in [-0.4, -0.2) is 29.5 Å². The van der Waals surface area contributed by atoms with Crippen LogP contribution < -0.4 is 15.0 Å². The molecule has 0 spiro atoms. The Morgan fingerprint density at radius 1 is 1.00 bits per heavy atom. The van der Waals surface area contributed by atoms with Crippen LogP contribution in [0.2, 0.25) is 0 Å². The summed E-state index contributed by atoms with van der Waals surface area (Å²) in [5, 5.41) is 3.22. The molecule has 140 valence electrons. The molecule has 1 aromatic heterocycles. The molecule has 2 heterocycles. The van der Waals surface area contributed by atoms with E-state index in [1.807, 2.05) is 41.9 Å². The number of para-hydroxylation sites is 1. The molecule has 1 saturated heterocycles. The molecule has 0 radical (unpaired) electrons. The van der Waals surface area contributed by atoms with Gasteiger partial charge in [-0.25, -0.2) is 9.69 Å². The Morgan fingerprint density at radius 3 is 2.54 bits per heavy atom. The third kappa shape index (κ3) is 2.83. The molecule has 7 heteroatoms. The lowest BCUT2D eigenvalue weighted by atomic mass is 10.1. The van der Waals surface area contributed by atoms with E-state index in [4.69, 9.17) is 4.74 Å². The fourth-order valence-corrected chi connectivity index (χ4v) is 3.24. The van der Waals surface area contributed by atoms with Gasteiger partial charge in [0.2, 0.25) is 0 Å². The average Bonchev–Trinajstić information content (AvgIpc) is 3.01. The number of rotatable bonds is 3. The molecule has 0 saturated carbocycles. The minimum absolute atomic E-state index is 0.117. The Balaban J connectivity index is 1.78. The molecule has 3 aromatic rings. The molecule has 7 nitrogen and oxygen atoms in total. The molecule has 4 rings (SSSR count). The van der Waals surface area contributed by atoms with E-state index in [9.17, 15) is 14.4 Å². The first-order chi connectivity index (χ1) is 13.5. The van der Waals surface area contributed by atoms with Gasteiger partial charge in [0.05, 0.1) is 12.8 Å². The number of methoxy groups -OCH3 is 1. The van der Waals surface area contributed by atoms with Crippen LogP contribution >= 0.6 is 0 Å². The zero-order valence-electron chi connectivity index (χ0n) is 15.3. The first-order valence-corrected chi connectivity index (χ1v) is 8.59. The zero-order valence-corrected chi connectivity index (χ0v) is 15.3. The third-order valence-electron chi connectivity index (χ3n) is 4.69. The summed E-state index contributed by atoms with van der Waals surface area (Å²) in [6, 6.07) is 15.4. The standard InChI is InChI=1S/C21H17N3O4/c1-23-15(10-13-6-3-4-9-18(13)23)12-17-19(25)22-21(27)24(20(17)26)14-7-5-8-16(11-14)28-2/h3-12H,1-2H3,(H,22,25,27)/b17-12+. The average molecular weight is 375 g/mol. The van der Waals surface area contributed by atoms with E-state index in [1.165, 1.54) is 13.2 Å². The van der Waals surface area contributed by atoms with Crippen molar-refractivity contribution in [3.05, 3.63) is 65.9 Å². The fraction of sp³-hybridized carbons (Fsp3) is 0.0952. The highest BCUT2D eigenvalue weighted by molar-refractivity contribution is 6.39. The monoisotopic (exact) mass is 375 g/mol. The minimum atomic E-state index is -0.794. The number of ether oxygens (including phenoxy) is 1. The van der Waals surface area contributed by atoms with Crippen molar-refractivity contribution in [2.45, 2.75) is 0 Å². The molecule has 1 aliphatic rings. The Bertz CT molecular complexity index is 1160. The second kappa shape index (κ2) is 6.70. The van der Waals surface area contributed by atoms with Crippen molar-refractivity contribution >= 4 is 40.5 Å². The molecule has 28 heavy (non-hydrogen) atoms. The van der Waals surface area contributed by atoms with E-state index in [1.54, 1.807) is 24.3 Å². The molecule has 1 fully saturated rings. The van der Waals surface area contributed by atoms with E-state index >= 15 is 0 Å². The summed E-state index contributed by atoms with van der Waals surface area (Å²) in [5.41, 5.74) is 1.85. The largest absolute Gasteiger partial charge is 0.497 e. The van der Waals surface area contributed by atoms with E-state index in [0.717, 1.165) is 15.8 Å². The number of nitrogens with zero attached hydrogens (tertiary/aromatic N) is 2. The van der Waals surface area contributed by atoms with Crippen LogP contribution in [0.25, 0.3) is 17.0 Å². The SMILES string of the molecule is COc1cccc(N2C(=O)NC(=O)/C(=C\c3cc4ccccc4n3C)C2=O)c1. The van der Waals surface area contributed by atoms with Crippen LogP contribution in [0.1, 0.15) is 5.69 Å². The lowest BCUT2D eigenvalue weighted by Gasteiger charge is -2.26. The summed E-state index contributed by atoms with van der Waals surface area (Å²) in [5.74, 6) is -0.916. The third-order valence-corrected chi connectivity index (χ3v) is 4.69. The summed E-state index contributed by atoms with van der Waals surface area (Å²) in [7, 11) is 3.34. The molecular weight excluding hydrogens is 358 g/mol. The molecule has 2 aromatic carbocycles. The first kappa shape index (κ1) is 17.5.